The Hall–Kier alpha value is -3.03. The normalized spacial score (nSPS) is 21.7. The number of β-amino-alcohol motifs (C(OH)–C–C–N with tert-alkyl or cyclic N) is 1. The number of aliphatic hydroxyl groups is 1. The third-order valence-electron chi connectivity index (χ3n) is 8.30. The van der Waals surface area contributed by atoms with Crippen molar-refractivity contribution in [1.82, 2.24) is 34.7 Å². The molecule has 2 N–H and O–H groups in total. The standard InChI is InChI=1S/C27H32F3N7O2S/c1-14(2)20-21(17-9-19(39-4)24-31-13-32-37(24)10-17)34-35-22(20)25-33-15(3)23(40-25)16-5-7-18(8-6-16)36-11-26(38,12-36)27(28,29)30/h9-10,13-14,16,18,38H,5-8,11-12H2,1-4H3,(H,34,35). The zero-order valence-corrected chi connectivity index (χ0v) is 23.6. The number of rotatable bonds is 6. The molecule has 9 nitrogen and oxygen atoms in total. The summed E-state index contributed by atoms with van der Waals surface area (Å²) in [6, 6.07) is 1.99. The van der Waals surface area contributed by atoms with Crippen LogP contribution in [0.4, 0.5) is 13.2 Å². The van der Waals surface area contributed by atoms with Crippen molar-refractivity contribution in [3.05, 3.63) is 34.7 Å². The first-order chi connectivity index (χ1) is 19.0. The van der Waals surface area contributed by atoms with Gasteiger partial charge in [0.2, 0.25) is 0 Å². The summed E-state index contributed by atoms with van der Waals surface area (Å²) in [5.41, 5.74) is 2.67. The highest BCUT2D eigenvalue weighted by molar-refractivity contribution is 7.15. The van der Waals surface area contributed by atoms with Crippen molar-refractivity contribution in [2.24, 2.45) is 0 Å². The second kappa shape index (κ2) is 9.81. The molecule has 0 unspecified atom stereocenters. The number of H-pyrrole nitrogens is 1. The molecule has 13 heteroatoms. The van der Waals surface area contributed by atoms with Gasteiger partial charge in [-0.1, -0.05) is 13.8 Å². The minimum absolute atomic E-state index is 0.0774. The van der Waals surface area contributed by atoms with Gasteiger partial charge in [0, 0.05) is 41.3 Å². The van der Waals surface area contributed by atoms with E-state index in [1.165, 1.54) is 11.2 Å². The van der Waals surface area contributed by atoms with Crippen LogP contribution in [0, 0.1) is 6.92 Å². The smallest absolute Gasteiger partial charge is 0.419 e. The monoisotopic (exact) mass is 575 g/mol. The highest BCUT2D eigenvalue weighted by Gasteiger charge is 2.61. The molecule has 4 aromatic rings. The van der Waals surface area contributed by atoms with E-state index >= 15 is 0 Å². The average Bonchev–Trinajstić information content (AvgIpc) is 3.63. The quantitative estimate of drug-likeness (QED) is 0.321. The first-order valence-electron chi connectivity index (χ1n) is 13.5. The molecule has 2 aliphatic rings. The largest absolute Gasteiger partial charge is 0.493 e. The number of methoxy groups -OCH3 is 1. The Balaban J connectivity index is 1.22. The summed E-state index contributed by atoms with van der Waals surface area (Å²) in [5, 5.41) is 22.9. The predicted octanol–water partition coefficient (Wildman–Crippen LogP) is 5.32. The van der Waals surface area contributed by atoms with E-state index < -0.39 is 11.8 Å². The number of fused-ring (bicyclic) bond motifs is 1. The van der Waals surface area contributed by atoms with Crippen molar-refractivity contribution in [2.75, 3.05) is 20.2 Å². The highest BCUT2D eigenvalue weighted by atomic mass is 32.1. The number of aromatic amines is 1. The van der Waals surface area contributed by atoms with Gasteiger partial charge in [0.25, 0.3) is 0 Å². The third-order valence-corrected chi connectivity index (χ3v) is 9.64. The van der Waals surface area contributed by atoms with E-state index in [0.29, 0.717) is 17.3 Å². The third kappa shape index (κ3) is 4.47. The van der Waals surface area contributed by atoms with Crippen LogP contribution in [-0.4, -0.2) is 77.8 Å². The van der Waals surface area contributed by atoms with Gasteiger partial charge in [-0.15, -0.1) is 11.3 Å². The number of thiazole rings is 1. The van der Waals surface area contributed by atoms with Crippen LogP contribution < -0.4 is 4.74 Å². The van der Waals surface area contributed by atoms with E-state index in [0.717, 1.165) is 58.9 Å². The fourth-order valence-corrected chi connectivity index (χ4v) is 7.38. The molecule has 0 atom stereocenters. The van der Waals surface area contributed by atoms with Crippen LogP contribution >= 0.6 is 11.3 Å². The molecule has 1 saturated heterocycles. The predicted molar refractivity (Wildman–Crippen MR) is 145 cm³/mol. The molecule has 6 rings (SSSR count). The Labute approximate surface area is 233 Å². The van der Waals surface area contributed by atoms with Gasteiger partial charge in [-0.3, -0.25) is 10.00 Å². The fourth-order valence-electron chi connectivity index (χ4n) is 6.13. The van der Waals surface area contributed by atoms with E-state index in [2.05, 4.69) is 29.0 Å². The summed E-state index contributed by atoms with van der Waals surface area (Å²) in [6.45, 7) is 5.62. The number of ether oxygens (including phenoxy) is 1. The lowest BCUT2D eigenvalue weighted by Crippen LogP contribution is -2.71. The number of halogens is 3. The van der Waals surface area contributed by atoms with E-state index in [-0.39, 0.29) is 25.0 Å². The van der Waals surface area contributed by atoms with Gasteiger partial charge >= 0.3 is 6.18 Å². The molecule has 1 aliphatic heterocycles. The molecule has 0 spiro atoms. The minimum Gasteiger partial charge on any atom is -0.493 e. The number of aromatic nitrogens is 6. The first-order valence-corrected chi connectivity index (χ1v) is 14.3. The maximum atomic E-state index is 13.1. The van der Waals surface area contributed by atoms with E-state index in [9.17, 15) is 18.3 Å². The molecule has 0 aromatic carbocycles. The Morgan fingerprint density at radius 3 is 2.58 bits per heavy atom. The molecule has 2 fully saturated rings. The number of hydrogen-bond acceptors (Lipinski definition) is 8. The summed E-state index contributed by atoms with van der Waals surface area (Å²) in [5.74, 6) is 1.09. The van der Waals surface area contributed by atoms with Crippen LogP contribution in [0.2, 0.25) is 0 Å². The van der Waals surface area contributed by atoms with Crippen molar-refractivity contribution in [1.29, 1.82) is 0 Å². The van der Waals surface area contributed by atoms with Gasteiger partial charge in [0.05, 0.1) is 24.2 Å². The number of nitrogens with zero attached hydrogens (tertiary/aromatic N) is 6. The second-order valence-electron chi connectivity index (χ2n) is 11.2. The van der Waals surface area contributed by atoms with Crippen LogP contribution in [0.15, 0.2) is 18.6 Å². The molecule has 1 aliphatic carbocycles. The molecule has 4 aromatic heterocycles. The summed E-state index contributed by atoms with van der Waals surface area (Å²) in [6.07, 6.45) is 2.19. The lowest BCUT2D eigenvalue weighted by Gasteiger charge is -2.51. The maximum Gasteiger partial charge on any atom is 0.419 e. The second-order valence-corrected chi connectivity index (χ2v) is 12.3. The molecule has 1 saturated carbocycles. The molecular formula is C27H32F3N7O2S. The molecule has 40 heavy (non-hydrogen) atoms. The molecule has 0 bridgehead atoms. The van der Waals surface area contributed by atoms with Gasteiger partial charge < -0.3 is 9.84 Å². The van der Waals surface area contributed by atoms with Gasteiger partial charge in [-0.2, -0.15) is 23.4 Å². The van der Waals surface area contributed by atoms with E-state index in [1.807, 2.05) is 19.2 Å². The summed E-state index contributed by atoms with van der Waals surface area (Å²) in [7, 11) is 1.60. The van der Waals surface area contributed by atoms with E-state index in [1.54, 1.807) is 27.9 Å². The lowest BCUT2D eigenvalue weighted by atomic mass is 9.81. The molecule has 0 amide bonds. The fraction of sp³-hybridized carbons (Fsp3) is 0.556. The summed E-state index contributed by atoms with van der Waals surface area (Å²) < 4.78 is 46.4. The number of hydrogen-bond donors (Lipinski definition) is 2. The maximum absolute atomic E-state index is 13.1. The van der Waals surface area contributed by atoms with Crippen LogP contribution in [-0.2, 0) is 0 Å². The Bertz CT molecular complexity index is 1530. The SMILES string of the molecule is COc1cc(-c2n[nH]c(-c3nc(C)c(C4CCC(N5CC(O)(C(F)(F)F)C5)CC4)s3)c2C(C)C)cn2ncnc12. The van der Waals surface area contributed by atoms with Crippen molar-refractivity contribution in [2.45, 2.75) is 76.1 Å². The minimum atomic E-state index is -4.58. The zero-order valence-electron chi connectivity index (χ0n) is 22.8. The molecule has 214 valence electrons. The van der Waals surface area contributed by atoms with Crippen molar-refractivity contribution in [3.8, 4) is 27.7 Å². The van der Waals surface area contributed by atoms with Crippen LogP contribution in [0.3, 0.4) is 0 Å². The highest BCUT2D eigenvalue weighted by Crippen LogP contribution is 2.46. The van der Waals surface area contributed by atoms with Gasteiger partial charge in [-0.25, -0.2) is 14.5 Å². The number of alkyl halides is 3. The molecule has 0 radical (unpaired) electrons. The Morgan fingerprint density at radius 1 is 1.20 bits per heavy atom. The van der Waals surface area contributed by atoms with Crippen LogP contribution in [0.25, 0.3) is 27.6 Å². The van der Waals surface area contributed by atoms with Crippen molar-refractivity contribution >= 4 is 17.0 Å². The summed E-state index contributed by atoms with van der Waals surface area (Å²) >= 11 is 1.67. The number of pyridine rings is 1. The number of likely N-dealkylation sites (tertiary alicyclic amines) is 1. The Kier molecular flexibility index (Phi) is 6.66. The number of aryl methyl sites for hydroxylation is 1. The topological polar surface area (TPSA) is 104 Å². The van der Waals surface area contributed by atoms with E-state index in [4.69, 9.17) is 14.8 Å². The van der Waals surface area contributed by atoms with Gasteiger partial charge in [0.15, 0.2) is 17.0 Å². The van der Waals surface area contributed by atoms with Crippen LogP contribution in [0.1, 0.15) is 67.5 Å². The Morgan fingerprint density at radius 2 is 1.93 bits per heavy atom. The average molecular weight is 576 g/mol. The zero-order chi connectivity index (χ0) is 28.4. The van der Waals surface area contributed by atoms with Gasteiger partial charge in [0.1, 0.15) is 11.3 Å². The lowest BCUT2D eigenvalue weighted by molar-refractivity contribution is -0.306. The van der Waals surface area contributed by atoms with Crippen molar-refractivity contribution < 1.29 is 23.0 Å². The van der Waals surface area contributed by atoms with Crippen LogP contribution in [0.5, 0.6) is 5.75 Å². The summed E-state index contributed by atoms with van der Waals surface area (Å²) in [4.78, 5) is 12.2. The molecular weight excluding hydrogens is 543 g/mol. The van der Waals surface area contributed by atoms with Gasteiger partial charge in [-0.05, 0) is 50.5 Å². The van der Waals surface area contributed by atoms with Crippen molar-refractivity contribution in [3.63, 3.8) is 0 Å². The first kappa shape index (κ1) is 27.2. The molecule has 5 heterocycles. The number of nitrogens with one attached hydrogen (secondary N) is 1.